The van der Waals surface area contributed by atoms with Gasteiger partial charge in [-0.15, -0.1) is 5.10 Å². The first-order chi connectivity index (χ1) is 23.3. The molecule has 1 amide bonds. The Labute approximate surface area is 289 Å². The number of esters is 1. The topological polar surface area (TPSA) is 129 Å². The maximum absolute atomic E-state index is 15.4. The highest BCUT2D eigenvalue weighted by atomic mass is 35.5. The summed E-state index contributed by atoms with van der Waals surface area (Å²) in [5.41, 5.74) is -0.634. The van der Waals surface area contributed by atoms with Crippen molar-refractivity contribution in [3.05, 3.63) is 70.3 Å². The maximum atomic E-state index is 15.4. The Morgan fingerprint density at radius 1 is 1.10 bits per heavy atom. The molecule has 0 spiro atoms. The number of ketones is 1. The van der Waals surface area contributed by atoms with Crippen molar-refractivity contribution in [2.45, 2.75) is 89.0 Å². The molecule has 0 radical (unpaired) electrons. The molecule has 268 valence electrons. The van der Waals surface area contributed by atoms with Gasteiger partial charge in [0.2, 0.25) is 11.7 Å². The predicted octanol–water partition coefficient (Wildman–Crippen LogP) is 6.06. The molecule has 1 fully saturated rings. The third-order valence-corrected chi connectivity index (χ3v) is 14.1. The van der Waals surface area contributed by atoms with Gasteiger partial charge in [-0.25, -0.2) is 13.6 Å². The lowest BCUT2D eigenvalue weighted by Crippen LogP contribution is -2.49. The van der Waals surface area contributed by atoms with Crippen molar-refractivity contribution < 1.29 is 45.5 Å². The van der Waals surface area contributed by atoms with Crippen molar-refractivity contribution in [1.29, 1.82) is 0 Å². The second kappa shape index (κ2) is 13.9. The fourth-order valence-electron chi connectivity index (χ4n) is 5.75. The van der Waals surface area contributed by atoms with Gasteiger partial charge in [0.1, 0.15) is 18.5 Å². The number of benzene rings is 1. The van der Waals surface area contributed by atoms with Gasteiger partial charge in [0.25, 0.3) is 0 Å². The quantitative estimate of drug-likeness (QED) is 0.106. The Morgan fingerprint density at radius 3 is 2.46 bits per heavy atom. The van der Waals surface area contributed by atoms with Crippen molar-refractivity contribution in [1.82, 2.24) is 30.1 Å². The molecule has 50 heavy (non-hydrogen) atoms. The van der Waals surface area contributed by atoms with Crippen LogP contribution in [0.4, 0.5) is 22.0 Å². The molecule has 3 atom stereocenters. The molecule has 1 saturated heterocycles. The smallest absolute Gasteiger partial charge is 0.413 e. The summed E-state index contributed by atoms with van der Waals surface area (Å²) in [7, 11) is -2.94. The van der Waals surface area contributed by atoms with Crippen LogP contribution in [0, 0.1) is 11.6 Å². The summed E-state index contributed by atoms with van der Waals surface area (Å²) < 4.78 is 84.8. The molecule has 4 heterocycles. The van der Waals surface area contributed by atoms with Crippen molar-refractivity contribution in [2.24, 2.45) is 0 Å². The van der Waals surface area contributed by atoms with E-state index in [1.807, 2.05) is 0 Å². The molecule has 0 bridgehead atoms. The van der Waals surface area contributed by atoms with Crippen LogP contribution in [0.5, 0.6) is 0 Å². The summed E-state index contributed by atoms with van der Waals surface area (Å²) in [4.78, 5) is 44.5. The van der Waals surface area contributed by atoms with Crippen LogP contribution in [0.15, 0.2) is 36.8 Å². The Balaban J connectivity index is 1.28. The highest BCUT2D eigenvalue weighted by Gasteiger charge is 2.49. The molecule has 18 heteroatoms. The number of carbonyl (C=O) groups is 3. The molecule has 11 nitrogen and oxygen atoms in total. The maximum Gasteiger partial charge on any atom is 0.413 e. The van der Waals surface area contributed by atoms with Gasteiger partial charge in [-0.2, -0.15) is 17.9 Å². The second-order valence-corrected chi connectivity index (χ2v) is 18.8. The number of alkyl halides is 3. The van der Waals surface area contributed by atoms with Gasteiger partial charge in [0.15, 0.2) is 26.6 Å². The third kappa shape index (κ3) is 7.49. The molecular formula is C32H34ClF5N6O5Si. The SMILES string of the molecule is CC(C)(C)[Si](C)(C)OC(Cc1nccc(C(=O)COC(=O)[C@@H]2CC[C@@H]3CC(c4c(-n5cnnn5)ccc(Cl)c4F)=CC(=O)N32)c1F)C(F)(F)F. The number of aromatic nitrogens is 5. The van der Waals surface area contributed by atoms with Gasteiger partial charge < -0.3 is 14.1 Å². The van der Waals surface area contributed by atoms with Crippen molar-refractivity contribution in [3.8, 4) is 5.69 Å². The number of pyridine rings is 1. The van der Waals surface area contributed by atoms with Crippen LogP contribution < -0.4 is 0 Å². The minimum atomic E-state index is -4.83. The predicted molar refractivity (Wildman–Crippen MR) is 172 cm³/mol. The Morgan fingerprint density at radius 2 is 1.82 bits per heavy atom. The number of hydrogen-bond donors (Lipinski definition) is 0. The average Bonchev–Trinajstić information content (AvgIpc) is 3.71. The number of halogens is 6. The van der Waals surface area contributed by atoms with Crippen LogP contribution in [0.2, 0.25) is 23.2 Å². The highest BCUT2D eigenvalue weighted by Crippen LogP contribution is 2.41. The lowest BCUT2D eigenvalue weighted by molar-refractivity contribution is -0.198. The summed E-state index contributed by atoms with van der Waals surface area (Å²) in [6.45, 7) is 7.64. The molecule has 1 aromatic carbocycles. The minimum absolute atomic E-state index is 0.0290. The van der Waals surface area contributed by atoms with Crippen molar-refractivity contribution in [3.63, 3.8) is 0 Å². The number of Topliss-reactive ketones (excluding diaryl/α,β-unsaturated/α-hetero) is 1. The monoisotopic (exact) mass is 740 g/mol. The van der Waals surface area contributed by atoms with Crippen LogP contribution in [0.1, 0.15) is 61.6 Å². The van der Waals surface area contributed by atoms with Gasteiger partial charge in [0.05, 0.1) is 22.0 Å². The average molecular weight is 741 g/mol. The largest absolute Gasteiger partial charge is 0.456 e. The number of rotatable bonds is 10. The zero-order valence-corrected chi connectivity index (χ0v) is 29.5. The summed E-state index contributed by atoms with van der Waals surface area (Å²) in [6, 6.07) is 2.22. The Kier molecular flexibility index (Phi) is 10.3. The molecule has 1 unspecified atom stereocenters. The van der Waals surface area contributed by atoms with E-state index in [-0.39, 0.29) is 29.1 Å². The van der Waals surface area contributed by atoms with E-state index in [1.165, 1.54) is 34.1 Å². The van der Waals surface area contributed by atoms with Gasteiger partial charge >= 0.3 is 12.1 Å². The number of hydrogen-bond acceptors (Lipinski definition) is 9. The number of fused-ring (bicyclic) bond motifs is 1. The van der Waals surface area contributed by atoms with E-state index >= 15 is 8.78 Å². The molecule has 2 aromatic heterocycles. The standard InChI is InChI=1S/C32H34ClF5N6O5Si/c1-31(2,3)50(4,5)49-25(32(36,37)38)14-21-28(34)19(10-11-39-21)24(45)15-48-30(47)23-8-6-18-12-17(13-26(46)44(18)23)27-22(43-16-40-41-42-43)9-7-20(33)29(27)35/h7,9-11,13,16,18,23,25H,6,8,12,14-15H2,1-5H3/t18-,23+,25?/m1/s1. The van der Waals surface area contributed by atoms with E-state index in [4.69, 9.17) is 20.8 Å². The zero-order valence-electron chi connectivity index (χ0n) is 27.7. The molecule has 0 aliphatic carbocycles. The first-order valence-corrected chi connectivity index (χ1v) is 18.9. The van der Waals surface area contributed by atoms with E-state index in [0.717, 1.165) is 12.3 Å². The van der Waals surface area contributed by atoms with Crippen LogP contribution in [0.25, 0.3) is 11.3 Å². The van der Waals surface area contributed by atoms with Gasteiger partial charge in [-0.3, -0.25) is 14.6 Å². The molecule has 2 aliphatic heterocycles. The molecule has 3 aromatic rings. The molecule has 5 rings (SSSR count). The zero-order chi connectivity index (χ0) is 36.8. The van der Waals surface area contributed by atoms with Gasteiger partial charge in [-0.05, 0) is 71.6 Å². The second-order valence-electron chi connectivity index (χ2n) is 13.6. The minimum Gasteiger partial charge on any atom is -0.456 e. The lowest BCUT2D eigenvalue weighted by Gasteiger charge is -2.39. The van der Waals surface area contributed by atoms with E-state index in [9.17, 15) is 27.6 Å². The third-order valence-electron chi connectivity index (χ3n) is 9.37. The molecule has 0 saturated carbocycles. The normalized spacial score (nSPS) is 18.9. The molecular weight excluding hydrogens is 707 g/mol. The first-order valence-electron chi connectivity index (χ1n) is 15.6. The van der Waals surface area contributed by atoms with E-state index < -0.39 is 91.3 Å². The first kappa shape index (κ1) is 37.2. The van der Waals surface area contributed by atoms with Crippen molar-refractivity contribution >= 4 is 43.2 Å². The van der Waals surface area contributed by atoms with E-state index in [0.29, 0.717) is 12.0 Å². The van der Waals surface area contributed by atoms with Crippen LogP contribution in [0.3, 0.4) is 0 Å². The van der Waals surface area contributed by atoms with Crippen LogP contribution in [-0.2, 0) is 25.2 Å². The van der Waals surface area contributed by atoms with Crippen LogP contribution >= 0.6 is 11.6 Å². The van der Waals surface area contributed by atoms with Crippen LogP contribution in [-0.4, -0.2) is 87.0 Å². The summed E-state index contributed by atoms with van der Waals surface area (Å²) in [6.07, 6.45) is -4.04. The number of nitrogens with zero attached hydrogens (tertiary/aromatic N) is 6. The van der Waals surface area contributed by atoms with Gasteiger partial charge in [0, 0.05) is 30.3 Å². The Hall–Kier alpha value is -4.09. The fourth-order valence-corrected chi connectivity index (χ4v) is 7.19. The molecule has 0 N–H and O–H groups in total. The van der Waals surface area contributed by atoms with Crippen molar-refractivity contribution in [2.75, 3.05) is 6.61 Å². The number of ether oxygens (including phenoxy) is 1. The number of carbonyl (C=O) groups excluding carboxylic acids is 3. The number of tetrazole rings is 1. The lowest BCUT2D eigenvalue weighted by atomic mass is 9.92. The van der Waals surface area contributed by atoms with E-state index in [2.05, 4.69) is 20.5 Å². The summed E-state index contributed by atoms with van der Waals surface area (Å²) >= 11 is 6.06. The fraction of sp³-hybridized carbons (Fsp3) is 0.469. The van der Waals surface area contributed by atoms with E-state index in [1.54, 1.807) is 33.9 Å². The highest BCUT2D eigenvalue weighted by molar-refractivity contribution is 6.74. The van der Waals surface area contributed by atoms with Gasteiger partial charge in [-0.1, -0.05) is 32.4 Å². The summed E-state index contributed by atoms with van der Waals surface area (Å²) in [5.74, 6) is -4.59. The number of amides is 1. The Bertz CT molecular complexity index is 1830. The molecule has 2 aliphatic rings. The summed E-state index contributed by atoms with van der Waals surface area (Å²) in [5, 5.41) is 10.2.